The number of quaternary nitrogens is 1. The normalized spacial score (nSPS) is 30.8. The molecule has 28 heavy (non-hydrogen) atoms. The zero-order valence-corrected chi connectivity index (χ0v) is 17.1. The molecular weight excluding hydrogens is 356 g/mol. The van der Waals surface area contributed by atoms with Crippen molar-refractivity contribution in [2.45, 2.75) is 45.6 Å². The van der Waals surface area contributed by atoms with Crippen molar-refractivity contribution in [2.24, 2.45) is 11.3 Å². The molecule has 2 atom stereocenters. The molecule has 0 aromatic carbocycles. The number of rotatable bonds is 3. The first-order valence-corrected chi connectivity index (χ1v) is 10.3. The van der Waals surface area contributed by atoms with E-state index in [0.717, 1.165) is 51.4 Å². The van der Waals surface area contributed by atoms with Crippen LogP contribution in [0.15, 0.2) is 18.5 Å². The number of hydrogen-bond acceptors (Lipinski definition) is 5. The van der Waals surface area contributed by atoms with Gasteiger partial charge in [0.1, 0.15) is 5.54 Å². The topological polar surface area (TPSA) is 82.9 Å². The smallest absolute Gasteiger partial charge is 0.329 e. The first-order valence-electron chi connectivity index (χ1n) is 10.3. The van der Waals surface area contributed by atoms with Crippen LogP contribution in [0.3, 0.4) is 0 Å². The Hall–Kier alpha value is -2.22. The molecule has 1 aromatic heterocycles. The maximum Gasteiger partial charge on any atom is 0.329 e. The number of amides is 3. The van der Waals surface area contributed by atoms with Gasteiger partial charge in [0, 0.05) is 12.4 Å². The number of nitrogens with zero attached hydrogens (tertiary/aromatic N) is 4. The number of imide groups is 1. The van der Waals surface area contributed by atoms with E-state index in [1.165, 1.54) is 9.80 Å². The molecule has 8 heteroatoms. The molecular formula is C20H31N6O2+. The first-order chi connectivity index (χ1) is 13.3. The van der Waals surface area contributed by atoms with Crippen molar-refractivity contribution in [1.82, 2.24) is 20.2 Å². The van der Waals surface area contributed by atoms with Crippen molar-refractivity contribution in [3.8, 4) is 0 Å². The summed E-state index contributed by atoms with van der Waals surface area (Å²) in [6.45, 7) is 10.3. The van der Waals surface area contributed by atoms with Gasteiger partial charge in [-0.1, -0.05) is 20.8 Å². The minimum Gasteiger partial charge on any atom is -0.330 e. The van der Waals surface area contributed by atoms with E-state index >= 15 is 0 Å². The third kappa shape index (κ3) is 3.57. The highest BCUT2D eigenvalue weighted by Gasteiger charge is 2.56. The van der Waals surface area contributed by atoms with Gasteiger partial charge in [0.05, 0.1) is 26.2 Å². The summed E-state index contributed by atoms with van der Waals surface area (Å²) >= 11 is 0. The Morgan fingerprint density at radius 2 is 1.86 bits per heavy atom. The fraction of sp³-hybridized carbons (Fsp3) is 0.700. The number of urea groups is 1. The van der Waals surface area contributed by atoms with Crippen molar-refractivity contribution in [3.05, 3.63) is 18.5 Å². The molecule has 8 nitrogen and oxygen atoms in total. The highest BCUT2D eigenvalue weighted by atomic mass is 16.2. The second kappa shape index (κ2) is 6.99. The van der Waals surface area contributed by atoms with Crippen LogP contribution in [0.1, 0.15) is 40.0 Å². The summed E-state index contributed by atoms with van der Waals surface area (Å²) < 4.78 is 0. The molecule has 0 unspecified atom stereocenters. The molecule has 0 bridgehead atoms. The van der Waals surface area contributed by atoms with Crippen LogP contribution < -0.4 is 15.1 Å². The summed E-state index contributed by atoms with van der Waals surface area (Å²) in [5, 5.41) is 3.07. The van der Waals surface area contributed by atoms with E-state index in [9.17, 15) is 9.59 Å². The molecule has 0 radical (unpaired) electrons. The summed E-state index contributed by atoms with van der Waals surface area (Å²) in [4.78, 5) is 39.4. The lowest BCUT2D eigenvalue weighted by molar-refractivity contribution is -0.907. The minimum absolute atomic E-state index is 0.0292. The van der Waals surface area contributed by atoms with Crippen LogP contribution in [-0.2, 0) is 4.79 Å². The van der Waals surface area contributed by atoms with Gasteiger partial charge < -0.3 is 15.1 Å². The van der Waals surface area contributed by atoms with Crippen LogP contribution >= 0.6 is 0 Å². The number of anilines is 1. The van der Waals surface area contributed by atoms with Crippen molar-refractivity contribution in [2.75, 3.05) is 37.7 Å². The number of carbonyl (C=O) groups is 2. The number of aromatic nitrogens is 2. The van der Waals surface area contributed by atoms with Crippen LogP contribution in [0.5, 0.6) is 0 Å². The predicted octanol–water partition coefficient (Wildman–Crippen LogP) is 0.276. The predicted molar refractivity (Wildman–Crippen MR) is 105 cm³/mol. The molecule has 1 aliphatic carbocycles. The third-order valence-electron chi connectivity index (χ3n) is 6.31. The quantitative estimate of drug-likeness (QED) is 0.728. The lowest BCUT2D eigenvalue weighted by atomic mass is 9.64. The van der Waals surface area contributed by atoms with Gasteiger partial charge in [-0.05, 0) is 36.7 Å². The van der Waals surface area contributed by atoms with Crippen molar-refractivity contribution in [1.29, 1.82) is 0 Å². The van der Waals surface area contributed by atoms with Gasteiger partial charge in [-0.25, -0.2) is 19.7 Å². The highest BCUT2D eigenvalue weighted by Crippen LogP contribution is 2.46. The molecule has 2 aliphatic heterocycles. The summed E-state index contributed by atoms with van der Waals surface area (Å²) in [5.74, 6) is 1.14. The van der Waals surface area contributed by atoms with Gasteiger partial charge in [-0.3, -0.25) is 4.79 Å². The molecule has 3 fully saturated rings. The zero-order valence-electron chi connectivity index (χ0n) is 17.1. The second-order valence-corrected chi connectivity index (χ2v) is 9.54. The van der Waals surface area contributed by atoms with E-state index < -0.39 is 5.54 Å². The van der Waals surface area contributed by atoms with Gasteiger partial charge in [-0.2, -0.15) is 0 Å². The van der Waals surface area contributed by atoms with Gasteiger partial charge in [0.15, 0.2) is 6.67 Å². The molecule has 1 spiro atoms. The lowest BCUT2D eigenvalue weighted by Crippen LogP contribution is -3.16. The molecule has 1 saturated carbocycles. The van der Waals surface area contributed by atoms with Crippen molar-refractivity contribution < 1.29 is 14.5 Å². The monoisotopic (exact) mass is 387 g/mol. The largest absolute Gasteiger partial charge is 0.330 e. The summed E-state index contributed by atoms with van der Waals surface area (Å²) in [5.41, 5.74) is -0.651. The molecule has 3 amide bonds. The second-order valence-electron chi connectivity index (χ2n) is 9.54. The number of carbonyl (C=O) groups excluding carboxylic acids is 2. The van der Waals surface area contributed by atoms with Crippen molar-refractivity contribution >= 4 is 17.9 Å². The Bertz CT molecular complexity index is 746. The van der Waals surface area contributed by atoms with Crippen LogP contribution in [0.25, 0.3) is 0 Å². The average molecular weight is 388 g/mol. The molecule has 2 N–H and O–H groups in total. The van der Waals surface area contributed by atoms with Crippen LogP contribution in [0, 0.1) is 11.3 Å². The Morgan fingerprint density at radius 3 is 2.50 bits per heavy atom. The molecule has 3 heterocycles. The Balaban J connectivity index is 1.39. The maximum atomic E-state index is 13.3. The Morgan fingerprint density at radius 1 is 1.18 bits per heavy atom. The minimum atomic E-state index is -0.711. The fourth-order valence-electron chi connectivity index (χ4n) is 5.51. The van der Waals surface area contributed by atoms with Gasteiger partial charge in [-0.15, -0.1) is 0 Å². The SMILES string of the molecule is C[C@@H]1CC(C)(C)C[C@]2(C1)NC(=O)N(C[NH+]1CCN(c3ncccn3)CC1)C2=O. The summed E-state index contributed by atoms with van der Waals surface area (Å²) in [6.07, 6.45) is 6.06. The molecule has 1 aromatic rings. The molecule has 2 saturated heterocycles. The van der Waals surface area contributed by atoms with Crippen LogP contribution in [0.4, 0.5) is 10.7 Å². The number of piperazine rings is 1. The first kappa shape index (κ1) is 19.1. The number of hydrogen-bond donors (Lipinski definition) is 2. The van der Waals surface area contributed by atoms with Crippen molar-refractivity contribution in [3.63, 3.8) is 0 Å². The lowest BCUT2D eigenvalue weighted by Gasteiger charge is -2.43. The zero-order chi connectivity index (χ0) is 19.9. The Labute approximate surface area is 166 Å². The third-order valence-corrected chi connectivity index (χ3v) is 6.31. The average Bonchev–Trinajstić information content (AvgIpc) is 2.85. The Kier molecular flexibility index (Phi) is 4.77. The highest BCUT2D eigenvalue weighted by molar-refractivity contribution is 6.07. The molecule has 4 rings (SSSR count). The standard InChI is InChI=1S/C20H30N6O2/c1-15-11-19(2,3)13-20(12-15)16(27)26(18(28)23-20)14-24-7-9-25(10-8-24)17-21-5-4-6-22-17/h4-6,15H,7-14H2,1-3H3,(H,23,28)/p+1/t15-,20+/m1/s1. The van der Waals surface area contributed by atoms with E-state index in [1.807, 2.05) is 6.07 Å². The van der Waals surface area contributed by atoms with Gasteiger partial charge >= 0.3 is 6.03 Å². The maximum absolute atomic E-state index is 13.3. The van der Waals surface area contributed by atoms with Crippen LogP contribution in [0.2, 0.25) is 0 Å². The molecule has 3 aliphatic rings. The van der Waals surface area contributed by atoms with E-state index in [4.69, 9.17) is 0 Å². The fourth-order valence-corrected chi connectivity index (χ4v) is 5.51. The number of nitrogens with one attached hydrogen (secondary N) is 2. The van der Waals surface area contributed by atoms with E-state index in [1.54, 1.807) is 12.4 Å². The molecule has 152 valence electrons. The van der Waals surface area contributed by atoms with E-state index in [-0.39, 0.29) is 17.4 Å². The van der Waals surface area contributed by atoms with E-state index in [0.29, 0.717) is 12.6 Å². The summed E-state index contributed by atoms with van der Waals surface area (Å²) in [6, 6.07) is 1.59. The van der Waals surface area contributed by atoms with Gasteiger partial charge in [0.25, 0.3) is 5.91 Å². The van der Waals surface area contributed by atoms with E-state index in [2.05, 4.69) is 41.0 Å². The van der Waals surface area contributed by atoms with Crippen LogP contribution in [-0.4, -0.2) is 65.2 Å². The summed E-state index contributed by atoms with van der Waals surface area (Å²) in [7, 11) is 0. The van der Waals surface area contributed by atoms with Gasteiger partial charge in [0.2, 0.25) is 5.95 Å².